The molecule has 6 heteroatoms. The van der Waals surface area contributed by atoms with Crippen LogP contribution in [0.4, 0.5) is 0 Å². The van der Waals surface area contributed by atoms with Gasteiger partial charge in [0, 0.05) is 19.0 Å². The first kappa shape index (κ1) is 21.5. The molecule has 142 valence electrons. The minimum atomic E-state index is -3.55. The molecule has 0 aliphatic carbocycles. The van der Waals surface area contributed by atoms with Gasteiger partial charge in [-0.3, -0.25) is 4.79 Å². The monoisotopic (exact) mass is 369 g/mol. The SMILES string of the molecule is CCCCCC(=O)N(Cc1cccc(OS(=O)(=O)CC)c1)[C@@H](C)CC. The number of benzene rings is 1. The van der Waals surface area contributed by atoms with Crippen LogP contribution in [0.5, 0.6) is 5.75 Å². The van der Waals surface area contributed by atoms with E-state index >= 15 is 0 Å². The largest absolute Gasteiger partial charge is 0.382 e. The van der Waals surface area contributed by atoms with Crippen LogP contribution in [0.2, 0.25) is 0 Å². The number of hydrogen-bond donors (Lipinski definition) is 0. The Morgan fingerprint density at radius 2 is 1.92 bits per heavy atom. The summed E-state index contributed by atoms with van der Waals surface area (Å²) in [7, 11) is -3.55. The van der Waals surface area contributed by atoms with Crippen LogP contribution in [-0.2, 0) is 21.5 Å². The molecule has 1 amide bonds. The maximum atomic E-state index is 12.6. The highest BCUT2D eigenvalue weighted by molar-refractivity contribution is 7.87. The van der Waals surface area contributed by atoms with Crippen LogP contribution in [0.3, 0.4) is 0 Å². The Kier molecular flexibility index (Phi) is 8.97. The summed E-state index contributed by atoms with van der Waals surface area (Å²) in [5.41, 5.74) is 0.868. The lowest BCUT2D eigenvalue weighted by Gasteiger charge is -2.29. The minimum Gasteiger partial charge on any atom is -0.382 e. The van der Waals surface area contributed by atoms with E-state index < -0.39 is 10.1 Å². The highest BCUT2D eigenvalue weighted by atomic mass is 32.2. The Morgan fingerprint density at radius 1 is 1.20 bits per heavy atom. The summed E-state index contributed by atoms with van der Waals surface area (Å²) in [4.78, 5) is 14.5. The third kappa shape index (κ3) is 7.46. The van der Waals surface area contributed by atoms with Gasteiger partial charge in [-0.05, 0) is 44.4 Å². The number of hydrogen-bond acceptors (Lipinski definition) is 4. The molecule has 0 aliphatic rings. The Bertz CT molecular complexity index is 643. The molecule has 0 spiro atoms. The van der Waals surface area contributed by atoms with Crippen LogP contribution in [0.15, 0.2) is 24.3 Å². The molecule has 0 heterocycles. The predicted octanol–water partition coefficient (Wildman–Crippen LogP) is 4.12. The lowest BCUT2D eigenvalue weighted by molar-refractivity contribution is -0.134. The molecule has 0 fully saturated rings. The summed E-state index contributed by atoms with van der Waals surface area (Å²) in [5, 5.41) is 0. The van der Waals surface area contributed by atoms with Crippen molar-refractivity contribution >= 4 is 16.0 Å². The molecule has 5 nitrogen and oxygen atoms in total. The molecule has 0 N–H and O–H groups in total. The highest BCUT2D eigenvalue weighted by Crippen LogP contribution is 2.19. The van der Waals surface area contributed by atoms with E-state index in [1.165, 1.54) is 0 Å². The minimum absolute atomic E-state index is 0.0772. The van der Waals surface area contributed by atoms with E-state index in [4.69, 9.17) is 4.18 Å². The predicted molar refractivity (Wildman–Crippen MR) is 101 cm³/mol. The molecule has 1 aromatic carbocycles. The average Bonchev–Trinajstić information content (AvgIpc) is 2.59. The maximum absolute atomic E-state index is 12.6. The van der Waals surface area contributed by atoms with Crippen molar-refractivity contribution in [3.05, 3.63) is 29.8 Å². The summed E-state index contributed by atoms with van der Waals surface area (Å²) in [6.45, 7) is 8.22. The number of carbonyl (C=O) groups excluding carboxylic acids is 1. The van der Waals surface area contributed by atoms with E-state index in [-0.39, 0.29) is 17.7 Å². The number of carbonyl (C=O) groups is 1. The van der Waals surface area contributed by atoms with E-state index in [1.54, 1.807) is 25.1 Å². The van der Waals surface area contributed by atoms with Gasteiger partial charge in [-0.1, -0.05) is 38.8 Å². The molecule has 0 radical (unpaired) electrons. The maximum Gasteiger partial charge on any atom is 0.308 e. The molecule has 0 aromatic heterocycles. The lowest BCUT2D eigenvalue weighted by Crippen LogP contribution is -2.37. The quantitative estimate of drug-likeness (QED) is 0.435. The Hall–Kier alpha value is -1.56. The average molecular weight is 370 g/mol. The van der Waals surface area contributed by atoms with Crippen molar-refractivity contribution in [2.75, 3.05) is 5.75 Å². The number of rotatable bonds is 11. The normalized spacial score (nSPS) is 12.6. The second-order valence-corrected chi connectivity index (χ2v) is 8.17. The molecule has 25 heavy (non-hydrogen) atoms. The second-order valence-electron chi connectivity index (χ2n) is 6.31. The van der Waals surface area contributed by atoms with Crippen LogP contribution >= 0.6 is 0 Å². The lowest BCUT2D eigenvalue weighted by atomic mass is 10.1. The first-order valence-electron chi connectivity index (χ1n) is 9.13. The number of nitrogens with zero attached hydrogens (tertiary/aromatic N) is 1. The van der Waals surface area contributed by atoms with E-state index in [9.17, 15) is 13.2 Å². The van der Waals surface area contributed by atoms with Crippen molar-refractivity contribution in [3.8, 4) is 5.75 Å². The van der Waals surface area contributed by atoms with Crippen molar-refractivity contribution in [1.29, 1.82) is 0 Å². The van der Waals surface area contributed by atoms with Gasteiger partial charge in [0.15, 0.2) is 0 Å². The Morgan fingerprint density at radius 3 is 2.52 bits per heavy atom. The first-order valence-corrected chi connectivity index (χ1v) is 10.7. The van der Waals surface area contributed by atoms with E-state index in [0.717, 1.165) is 31.2 Å². The summed E-state index contributed by atoms with van der Waals surface area (Å²) in [6, 6.07) is 7.10. The van der Waals surface area contributed by atoms with Crippen molar-refractivity contribution in [3.63, 3.8) is 0 Å². The van der Waals surface area contributed by atoms with Crippen LogP contribution in [0, 0.1) is 0 Å². The molecule has 1 rings (SSSR count). The molecule has 0 aliphatic heterocycles. The van der Waals surface area contributed by atoms with E-state index in [0.29, 0.717) is 18.7 Å². The molecule has 1 atom stereocenters. The fourth-order valence-electron chi connectivity index (χ4n) is 2.48. The zero-order valence-corrected chi connectivity index (χ0v) is 16.6. The Balaban J connectivity index is 2.88. The van der Waals surface area contributed by atoms with Crippen molar-refractivity contribution in [1.82, 2.24) is 4.90 Å². The second kappa shape index (κ2) is 10.4. The van der Waals surface area contributed by atoms with Gasteiger partial charge in [0.2, 0.25) is 5.91 Å². The zero-order chi connectivity index (χ0) is 18.9. The van der Waals surface area contributed by atoms with Crippen molar-refractivity contribution in [2.45, 2.75) is 72.4 Å². The molecular formula is C19H31NO4S. The summed E-state index contributed by atoms with van der Waals surface area (Å²) in [5.74, 6) is 0.365. The Labute approximate surface area is 152 Å². The third-order valence-corrected chi connectivity index (χ3v) is 5.42. The van der Waals surface area contributed by atoms with Gasteiger partial charge in [0.05, 0.1) is 5.75 Å². The van der Waals surface area contributed by atoms with Crippen molar-refractivity contribution in [2.24, 2.45) is 0 Å². The van der Waals surface area contributed by atoms with Gasteiger partial charge < -0.3 is 9.08 Å². The van der Waals surface area contributed by atoms with Gasteiger partial charge in [-0.15, -0.1) is 0 Å². The third-order valence-electron chi connectivity index (χ3n) is 4.27. The fourth-order valence-corrected chi connectivity index (χ4v) is 2.99. The van der Waals surface area contributed by atoms with Crippen molar-refractivity contribution < 1.29 is 17.4 Å². The van der Waals surface area contributed by atoms with Gasteiger partial charge in [0.1, 0.15) is 5.75 Å². The van der Waals surface area contributed by atoms with Gasteiger partial charge in [-0.2, -0.15) is 8.42 Å². The van der Waals surface area contributed by atoms with E-state index in [2.05, 4.69) is 13.8 Å². The summed E-state index contributed by atoms with van der Waals surface area (Å²) in [6.07, 6.45) is 4.47. The zero-order valence-electron chi connectivity index (χ0n) is 15.8. The number of unbranched alkanes of at least 4 members (excludes halogenated alkanes) is 2. The van der Waals surface area contributed by atoms with Gasteiger partial charge in [-0.25, -0.2) is 0 Å². The fraction of sp³-hybridized carbons (Fsp3) is 0.632. The standard InChI is InChI=1S/C19H31NO4S/c1-5-8-9-13-19(21)20(16(4)6-2)15-17-11-10-12-18(14-17)24-25(22,23)7-3/h10-12,14,16H,5-9,13,15H2,1-4H3/t16-/m0/s1. The highest BCUT2D eigenvalue weighted by Gasteiger charge is 2.19. The smallest absolute Gasteiger partial charge is 0.308 e. The van der Waals surface area contributed by atoms with Crippen LogP contribution in [0.25, 0.3) is 0 Å². The summed E-state index contributed by atoms with van der Waals surface area (Å²) < 4.78 is 28.3. The topological polar surface area (TPSA) is 63.7 Å². The van der Waals surface area contributed by atoms with Crippen LogP contribution in [0.1, 0.15) is 65.4 Å². The van der Waals surface area contributed by atoms with Crippen LogP contribution < -0.4 is 4.18 Å². The van der Waals surface area contributed by atoms with Gasteiger partial charge in [0.25, 0.3) is 0 Å². The van der Waals surface area contributed by atoms with E-state index in [1.807, 2.05) is 17.9 Å². The first-order chi connectivity index (χ1) is 11.8. The molecule has 1 aromatic rings. The summed E-state index contributed by atoms with van der Waals surface area (Å²) >= 11 is 0. The molecular weight excluding hydrogens is 338 g/mol. The molecule has 0 saturated carbocycles. The van der Waals surface area contributed by atoms with Crippen LogP contribution in [-0.4, -0.2) is 31.0 Å². The molecule has 0 unspecified atom stereocenters. The molecule has 0 bridgehead atoms. The van der Waals surface area contributed by atoms with Gasteiger partial charge >= 0.3 is 10.1 Å². The number of amides is 1. The molecule has 0 saturated heterocycles.